The van der Waals surface area contributed by atoms with E-state index in [-0.39, 0.29) is 35.3 Å². The van der Waals surface area contributed by atoms with Crippen LogP contribution in [0.3, 0.4) is 0 Å². The molecule has 4 unspecified atom stereocenters. The van der Waals surface area contributed by atoms with E-state index < -0.39 is 12.7 Å². The zero-order valence-electron chi connectivity index (χ0n) is 41.5. The summed E-state index contributed by atoms with van der Waals surface area (Å²) in [7, 11) is 1.70. The Morgan fingerprint density at radius 1 is 0.465 bits per heavy atom. The molecule has 0 bridgehead atoms. The minimum atomic E-state index is -4.74. The molecule has 4 aromatic rings. The lowest BCUT2D eigenvalue weighted by Crippen LogP contribution is -2.58. The first-order valence-corrected chi connectivity index (χ1v) is 25.9. The minimum absolute atomic E-state index is 0.200. The SMILES string of the molecule is COc1ccc(C2CCN(C(C)CCC(CCC(C(C)N3CCC(c4ccc(F)cc4)CC3)N3CCN(c4ccc(OC(F)(F)F)cc4)CC3)N3CCC(c4ccc(OC(F)(F)F)cc4)CC3)CC2)cc1. The molecular formula is C56H72F7N5O3. The molecule has 4 aromatic carbocycles. The number of rotatable bonds is 18. The zero-order valence-corrected chi connectivity index (χ0v) is 41.5. The van der Waals surface area contributed by atoms with Crippen LogP contribution in [0.25, 0.3) is 0 Å². The van der Waals surface area contributed by atoms with Crippen molar-refractivity contribution in [3.63, 3.8) is 0 Å². The highest BCUT2D eigenvalue weighted by atomic mass is 19.4. The Bertz CT molecular complexity index is 2200. The van der Waals surface area contributed by atoms with Gasteiger partial charge in [0.05, 0.1) is 7.11 Å². The van der Waals surface area contributed by atoms with Gasteiger partial charge in [-0.2, -0.15) is 0 Å². The topological polar surface area (TPSA) is 43.9 Å². The van der Waals surface area contributed by atoms with Crippen molar-refractivity contribution in [2.75, 3.05) is 77.5 Å². The van der Waals surface area contributed by atoms with Gasteiger partial charge in [0.15, 0.2) is 0 Å². The van der Waals surface area contributed by atoms with E-state index >= 15 is 0 Å². The van der Waals surface area contributed by atoms with Crippen molar-refractivity contribution in [1.82, 2.24) is 19.6 Å². The summed E-state index contributed by atoms with van der Waals surface area (Å²) in [5.74, 6) is 1.42. The zero-order chi connectivity index (χ0) is 50.1. The van der Waals surface area contributed by atoms with Crippen LogP contribution < -0.4 is 19.1 Å². The van der Waals surface area contributed by atoms with E-state index in [0.29, 0.717) is 23.9 Å². The van der Waals surface area contributed by atoms with E-state index in [2.05, 4.69) is 72.1 Å². The Morgan fingerprint density at radius 3 is 1.34 bits per heavy atom. The summed E-state index contributed by atoms with van der Waals surface area (Å²) >= 11 is 0. The first kappa shape index (κ1) is 52.7. The number of anilines is 1. The molecule has 4 fully saturated rings. The molecule has 0 N–H and O–H groups in total. The van der Waals surface area contributed by atoms with Crippen LogP contribution in [0.1, 0.15) is 112 Å². The second-order valence-corrected chi connectivity index (χ2v) is 20.4. The third-order valence-electron chi connectivity index (χ3n) is 16.3. The number of likely N-dealkylation sites (tertiary alicyclic amines) is 3. The fourth-order valence-corrected chi connectivity index (χ4v) is 12.1. The molecule has 4 aliphatic heterocycles. The number of piperidine rings is 3. The molecule has 8 nitrogen and oxygen atoms in total. The number of hydrogen-bond donors (Lipinski definition) is 0. The molecule has 4 heterocycles. The summed E-state index contributed by atoms with van der Waals surface area (Å²) in [6, 6.07) is 29.4. The molecule has 8 rings (SSSR count). The Hall–Kier alpha value is -4.57. The molecule has 71 heavy (non-hydrogen) atoms. The van der Waals surface area contributed by atoms with Gasteiger partial charge in [-0.3, -0.25) is 9.80 Å². The number of methoxy groups -OCH3 is 1. The van der Waals surface area contributed by atoms with Gasteiger partial charge in [0, 0.05) is 56.0 Å². The Balaban J connectivity index is 0.952. The summed E-state index contributed by atoms with van der Waals surface area (Å²) in [6.45, 7) is 13.8. The van der Waals surface area contributed by atoms with Crippen LogP contribution in [-0.4, -0.2) is 129 Å². The largest absolute Gasteiger partial charge is 0.573 e. The van der Waals surface area contributed by atoms with E-state index in [1.807, 2.05) is 12.1 Å². The van der Waals surface area contributed by atoms with Crippen LogP contribution >= 0.6 is 0 Å². The lowest BCUT2D eigenvalue weighted by Gasteiger charge is -2.47. The molecule has 0 aromatic heterocycles. The van der Waals surface area contributed by atoms with Crippen molar-refractivity contribution in [3.05, 3.63) is 120 Å². The van der Waals surface area contributed by atoms with Gasteiger partial charge >= 0.3 is 12.7 Å². The molecule has 4 aliphatic rings. The van der Waals surface area contributed by atoms with Gasteiger partial charge in [0.1, 0.15) is 23.1 Å². The van der Waals surface area contributed by atoms with Gasteiger partial charge in [-0.25, -0.2) is 4.39 Å². The van der Waals surface area contributed by atoms with E-state index in [4.69, 9.17) is 4.74 Å². The van der Waals surface area contributed by atoms with Crippen molar-refractivity contribution < 1.29 is 44.9 Å². The molecule has 0 amide bonds. The third kappa shape index (κ3) is 14.8. The highest BCUT2D eigenvalue weighted by Gasteiger charge is 2.37. The van der Waals surface area contributed by atoms with Gasteiger partial charge in [0.25, 0.3) is 0 Å². The van der Waals surface area contributed by atoms with Crippen molar-refractivity contribution in [2.45, 2.75) is 133 Å². The molecule has 388 valence electrons. The fraction of sp³-hybridized carbons (Fsp3) is 0.571. The molecule has 15 heteroatoms. The summed E-state index contributed by atoms with van der Waals surface area (Å²) in [5.41, 5.74) is 4.49. The number of nitrogens with zero attached hydrogens (tertiary/aromatic N) is 5. The second-order valence-electron chi connectivity index (χ2n) is 20.4. The Morgan fingerprint density at radius 2 is 0.873 bits per heavy atom. The number of halogens is 7. The predicted molar refractivity (Wildman–Crippen MR) is 265 cm³/mol. The maximum absolute atomic E-state index is 13.8. The van der Waals surface area contributed by atoms with Gasteiger partial charge in [-0.15, -0.1) is 26.3 Å². The lowest BCUT2D eigenvalue weighted by molar-refractivity contribution is -0.275. The highest BCUT2D eigenvalue weighted by Crippen LogP contribution is 2.37. The first-order chi connectivity index (χ1) is 34.1. The van der Waals surface area contributed by atoms with Gasteiger partial charge in [-0.1, -0.05) is 36.4 Å². The van der Waals surface area contributed by atoms with Crippen LogP contribution in [-0.2, 0) is 0 Å². The Kier molecular flexibility index (Phi) is 17.8. The van der Waals surface area contributed by atoms with E-state index in [0.717, 1.165) is 147 Å². The highest BCUT2D eigenvalue weighted by molar-refractivity contribution is 5.49. The quantitative estimate of drug-likeness (QED) is 0.0914. The van der Waals surface area contributed by atoms with E-state index in [1.54, 1.807) is 43.5 Å². The van der Waals surface area contributed by atoms with Crippen LogP contribution in [0.15, 0.2) is 97.1 Å². The van der Waals surface area contributed by atoms with Gasteiger partial charge in [0.2, 0.25) is 0 Å². The fourth-order valence-electron chi connectivity index (χ4n) is 12.1. The lowest BCUT2D eigenvalue weighted by atomic mass is 9.86. The molecule has 0 spiro atoms. The van der Waals surface area contributed by atoms with E-state index in [1.165, 1.54) is 35.4 Å². The number of alkyl halides is 6. The second kappa shape index (κ2) is 24.0. The monoisotopic (exact) mass is 996 g/mol. The van der Waals surface area contributed by atoms with Gasteiger partial charge in [-0.05, 0) is 212 Å². The molecular weight excluding hydrogens is 924 g/mol. The Labute approximate surface area is 416 Å². The van der Waals surface area contributed by atoms with Crippen molar-refractivity contribution in [1.29, 1.82) is 0 Å². The van der Waals surface area contributed by atoms with Crippen molar-refractivity contribution >= 4 is 5.69 Å². The summed E-state index contributed by atoms with van der Waals surface area (Å²) < 4.78 is 105. The number of ether oxygens (including phenoxy) is 3. The molecule has 0 saturated carbocycles. The van der Waals surface area contributed by atoms with E-state index in [9.17, 15) is 30.7 Å². The molecule has 4 atom stereocenters. The van der Waals surface area contributed by atoms with Crippen molar-refractivity contribution in [2.24, 2.45) is 0 Å². The van der Waals surface area contributed by atoms with Crippen LogP contribution in [0.4, 0.5) is 36.4 Å². The van der Waals surface area contributed by atoms with Crippen LogP contribution in [0.5, 0.6) is 17.2 Å². The smallest absolute Gasteiger partial charge is 0.497 e. The van der Waals surface area contributed by atoms with Gasteiger partial charge < -0.3 is 28.9 Å². The third-order valence-corrected chi connectivity index (χ3v) is 16.3. The normalized spacial score (nSPS) is 20.9. The maximum Gasteiger partial charge on any atom is 0.573 e. The predicted octanol–water partition coefficient (Wildman–Crippen LogP) is 12.5. The average Bonchev–Trinajstić information content (AvgIpc) is 3.37. The average molecular weight is 996 g/mol. The number of piperazine rings is 1. The number of benzene rings is 4. The molecule has 4 saturated heterocycles. The van der Waals surface area contributed by atoms with Crippen LogP contribution in [0, 0.1) is 5.82 Å². The maximum atomic E-state index is 13.8. The first-order valence-electron chi connectivity index (χ1n) is 25.9. The minimum Gasteiger partial charge on any atom is -0.497 e. The standard InChI is InChI=1S/C56H72F7N5O3/c1-40(64-30-24-45(25-31-64)43-7-17-51(69-3)18-8-43)4-13-49(66-34-28-47(29-35-66)44-9-19-52(20-10-44)70-55(58,59)60)16-23-54(41(2)65-32-26-46(27-33-65)42-5-11-48(57)12-6-42)68-38-36-67(37-39-68)50-14-21-53(22-15-50)71-56(61,62)63/h5-12,14-15,17-22,40-41,45-47,49,54H,4,13,16,23-39H2,1-3H3. The number of hydrogen-bond acceptors (Lipinski definition) is 8. The summed E-state index contributed by atoms with van der Waals surface area (Å²) in [5, 5.41) is 0. The molecule has 0 radical (unpaired) electrons. The van der Waals surface area contributed by atoms with Crippen LogP contribution in [0.2, 0.25) is 0 Å². The molecule has 0 aliphatic carbocycles. The summed E-state index contributed by atoms with van der Waals surface area (Å²) in [4.78, 5) is 12.9. The summed E-state index contributed by atoms with van der Waals surface area (Å²) in [6.07, 6.45) is 0.854. The van der Waals surface area contributed by atoms with Crippen molar-refractivity contribution in [3.8, 4) is 17.2 Å².